The van der Waals surface area contributed by atoms with Crippen LogP contribution in [-0.2, 0) is 22.9 Å². The number of sulfone groups is 1. The van der Waals surface area contributed by atoms with Gasteiger partial charge in [-0.05, 0) is 19.3 Å². The molecule has 0 aliphatic carbocycles. The van der Waals surface area contributed by atoms with E-state index in [1.807, 2.05) is 21.0 Å². The van der Waals surface area contributed by atoms with Crippen LogP contribution in [0.25, 0.3) is 0 Å². The molecule has 6 nitrogen and oxygen atoms in total. The molecule has 0 bridgehead atoms. The highest BCUT2D eigenvalue weighted by molar-refractivity contribution is 7.91. The molecule has 0 spiro atoms. The van der Waals surface area contributed by atoms with E-state index in [1.165, 1.54) is 0 Å². The normalized spacial score (nSPS) is 20.7. The Morgan fingerprint density at radius 1 is 1.41 bits per heavy atom. The molecule has 7 heteroatoms. The Bertz CT molecular complexity index is 620. The maximum Gasteiger partial charge on any atom is 0.151 e. The highest BCUT2D eigenvalue weighted by Crippen LogP contribution is 2.24. The van der Waals surface area contributed by atoms with Crippen LogP contribution in [0.15, 0.2) is 0 Å². The van der Waals surface area contributed by atoms with Gasteiger partial charge in [-0.1, -0.05) is 13.8 Å². The predicted molar refractivity (Wildman–Crippen MR) is 90.0 cm³/mol. The summed E-state index contributed by atoms with van der Waals surface area (Å²) in [6, 6.07) is 0.0628. The van der Waals surface area contributed by atoms with Crippen molar-refractivity contribution < 1.29 is 8.42 Å². The van der Waals surface area contributed by atoms with E-state index in [-0.39, 0.29) is 11.8 Å². The second-order valence-electron chi connectivity index (χ2n) is 6.84. The summed E-state index contributed by atoms with van der Waals surface area (Å²) in [5.41, 5.74) is 2.17. The maximum atomic E-state index is 11.6. The fourth-order valence-electron chi connectivity index (χ4n) is 2.99. The van der Waals surface area contributed by atoms with Crippen LogP contribution in [0.1, 0.15) is 31.5 Å². The van der Waals surface area contributed by atoms with Crippen molar-refractivity contribution in [3.8, 4) is 0 Å². The Morgan fingerprint density at radius 2 is 2.09 bits per heavy atom. The third kappa shape index (κ3) is 4.01. The van der Waals surface area contributed by atoms with Crippen LogP contribution in [0.2, 0.25) is 0 Å². The first-order valence-electron chi connectivity index (χ1n) is 7.87. The number of hydrogen-bond acceptors (Lipinski definition) is 5. The quantitative estimate of drug-likeness (QED) is 0.850. The first-order chi connectivity index (χ1) is 10.2. The molecule has 1 aliphatic rings. The van der Waals surface area contributed by atoms with Crippen LogP contribution < -0.4 is 10.2 Å². The van der Waals surface area contributed by atoms with Gasteiger partial charge in [0, 0.05) is 38.8 Å². The molecule has 1 saturated heterocycles. The Balaban J connectivity index is 2.14. The first-order valence-corrected chi connectivity index (χ1v) is 9.69. The highest BCUT2D eigenvalue weighted by atomic mass is 32.2. The van der Waals surface area contributed by atoms with Crippen molar-refractivity contribution in [1.29, 1.82) is 0 Å². The molecule has 126 valence electrons. The molecule has 0 radical (unpaired) electrons. The molecular formula is C15H28N4O2S. The van der Waals surface area contributed by atoms with Crippen molar-refractivity contribution in [3.63, 3.8) is 0 Å². The Hall–Kier alpha value is -1.08. The Labute approximate surface area is 133 Å². The van der Waals surface area contributed by atoms with Crippen LogP contribution in [-0.4, -0.2) is 49.8 Å². The van der Waals surface area contributed by atoms with Gasteiger partial charge in [0.1, 0.15) is 5.82 Å². The summed E-state index contributed by atoms with van der Waals surface area (Å²) in [6.07, 6.45) is 0.707. The summed E-state index contributed by atoms with van der Waals surface area (Å²) >= 11 is 0. The predicted octanol–water partition coefficient (Wildman–Crippen LogP) is 1.19. The topological polar surface area (TPSA) is 67.2 Å². The van der Waals surface area contributed by atoms with E-state index in [2.05, 4.69) is 33.8 Å². The minimum atomic E-state index is -2.84. The maximum absolute atomic E-state index is 11.6. The van der Waals surface area contributed by atoms with Gasteiger partial charge in [-0.25, -0.2) is 13.1 Å². The van der Waals surface area contributed by atoms with Crippen LogP contribution in [0.4, 0.5) is 5.82 Å². The monoisotopic (exact) mass is 328 g/mol. The van der Waals surface area contributed by atoms with Gasteiger partial charge in [0.25, 0.3) is 0 Å². The lowest BCUT2D eigenvalue weighted by Crippen LogP contribution is -2.30. The zero-order valence-corrected chi connectivity index (χ0v) is 15.1. The summed E-state index contributed by atoms with van der Waals surface area (Å²) in [5.74, 6) is 2.19. The molecule has 0 amide bonds. The Morgan fingerprint density at radius 3 is 2.59 bits per heavy atom. The fraction of sp³-hybridized carbons (Fsp3) is 0.800. The van der Waals surface area contributed by atoms with Crippen molar-refractivity contribution >= 4 is 15.7 Å². The molecule has 2 rings (SSSR count). The number of aromatic nitrogens is 2. The van der Waals surface area contributed by atoms with Gasteiger partial charge in [0.15, 0.2) is 9.84 Å². The van der Waals surface area contributed by atoms with Gasteiger partial charge in [-0.2, -0.15) is 5.10 Å². The standard InChI is InChI=1S/C15H28N4O2S/c1-11(2)9-19-15(18(4)5)14(12(3)17-19)8-16-13-6-7-22(20,21)10-13/h11,13,16H,6-10H2,1-5H3/t13-/m1/s1. The lowest BCUT2D eigenvalue weighted by atomic mass is 10.2. The summed E-state index contributed by atoms with van der Waals surface area (Å²) in [7, 11) is 1.21. The average Bonchev–Trinajstić information content (AvgIpc) is 2.86. The van der Waals surface area contributed by atoms with Crippen molar-refractivity contribution in [2.45, 2.75) is 46.3 Å². The SMILES string of the molecule is Cc1nn(CC(C)C)c(N(C)C)c1CN[C@@H]1CCS(=O)(=O)C1. The number of hydrogen-bond donors (Lipinski definition) is 1. The van der Waals surface area contributed by atoms with Crippen LogP contribution in [0, 0.1) is 12.8 Å². The largest absolute Gasteiger partial charge is 0.363 e. The zero-order valence-electron chi connectivity index (χ0n) is 14.3. The van der Waals surface area contributed by atoms with Crippen LogP contribution in [0.3, 0.4) is 0 Å². The molecule has 0 unspecified atom stereocenters. The molecule has 1 aromatic heterocycles. The number of nitrogens with one attached hydrogen (secondary N) is 1. The van der Waals surface area contributed by atoms with E-state index in [4.69, 9.17) is 0 Å². The van der Waals surface area contributed by atoms with Gasteiger partial charge in [-0.15, -0.1) is 0 Å². The minimum absolute atomic E-state index is 0.0628. The molecule has 1 atom stereocenters. The lowest BCUT2D eigenvalue weighted by Gasteiger charge is -2.19. The van der Waals surface area contributed by atoms with Gasteiger partial charge >= 0.3 is 0 Å². The summed E-state index contributed by atoms with van der Waals surface area (Å²) in [6.45, 7) is 7.92. The average molecular weight is 328 g/mol. The third-order valence-electron chi connectivity index (χ3n) is 3.98. The summed E-state index contributed by atoms with van der Waals surface area (Å²) in [4.78, 5) is 2.09. The fourth-order valence-corrected chi connectivity index (χ4v) is 4.70. The molecule has 22 heavy (non-hydrogen) atoms. The summed E-state index contributed by atoms with van der Waals surface area (Å²) in [5, 5.41) is 8.06. The molecule has 1 fully saturated rings. The van der Waals surface area contributed by atoms with Crippen LogP contribution in [0.5, 0.6) is 0 Å². The molecule has 0 aromatic carbocycles. The molecule has 1 aliphatic heterocycles. The van der Waals surface area contributed by atoms with E-state index in [1.54, 1.807) is 0 Å². The van der Waals surface area contributed by atoms with Crippen molar-refractivity contribution in [1.82, 2.24) is 15.1 Å². The van der Waals surface area contributed by atoms with E-state index < -0.39 is 9.84 Å². The summed E-state index contributed by atoms with van der Waals surface area (Å²) < 4.78 is 25.2. The van der Waals surface area contributed by atoms with Crippen molar-refractivity contribution in [2.75, 3.05) is 30.5 Å². The highest BCUT2D eigenvalue weighted by Gasteiger charge is 2.28. The molecule has 1 N–H and O–H groups in total. The van der Waals surface area contributed by atoms with E-state index in [0.717, 1.165) is 23.6 Å². The Kier molecular flexibility index (Phi) is 5.17. The van der Waals surface area contributed by atoms with Gasteiger partial charge < -0.3 is 10.2 Å². The van der Waals surface area contributed by atoms with E-state index in [0.29, 0.717) is 24.6 Å². The molecule has 1 aromatic rings. The first kappa shape index (κ1) is 17.3. The van der Waals surface area contributed by atoms with Crippen molar-refractivity contribution in [2.24, 2.45) is 5.92 Å². The molecule has 0 saturated carbocycles. The second kappa shape index (κ2) is 6.58. The van der Waals surface area contributed by atoms with Gasteiger partial charge in [-0.3, -0.25) is 0 Å². The zero-order chi connectivity index (χ0) is 16.5. The number of nitrogens with zero attached hydrogens (tertiary/aromatic N) is 3. The number of aryl methyl sites for hydroxylation is 1. The minimum Gasteiger partial charge on any atom is -0.363 e. The molecular weight excluding hydrogens is 300 g/mol. The van der Waals surface area contributed by atoms with Crippen molar-refractivity contribution in [3.05, 3.63) is 11.3 Å². The van der Waals surface area contributed by atoms with E-state index >= 15 is 0 Å². The van der Waals surface area contributed by atoms with Gasteiger partial charge in [0.2, 0.25) is 0 Å². The van der Waals surface area contributed by atoms with Crippen LogP contribution >= 0.6 is 0 Å². The number of anilines is 1. The number of rotatable bonds is 6. The smallest absolute Gasteiger partial charge is 0.151 e. The molecule has 2 heterocycles. The van der Waals surface area contributed by atoms with E-state index in [9.17, 15) is 8.42 Å². The lowest BCUT2D eigenvalue weighted by molar-refractivity contribution is 0.481. The second-order valence-corrected chi connectivity index (χ2v) is 9.07. The van der Waals surface area contributed by atoms with Gasteiger partial charge in [0.05, 0.1) is 17.2 Å². The third-order valence-corrected chi connectivity index (χ3v) is 5.75.